The van der Waals surface area contributed by atoms with Crippen LogP contribution in [0.4, 0.5) is 0 Å². The largest absolute Gasteiger partial charge is 0.379 e. The normalized spacial score (nSPS) is 33.4. The molecule has 130 valence electrons. The summed E-state index contributed by atoms with van der Waals surface area (Å²) in [6.45, 7) is 15.7. The fourth-order valence-electron chi connectivity index (χ4n) is 4.02. The highest BCUT2D eigenvalue weighted by atomic mass is 16.5. The van der Waals surface area contributed by atoms with Crippen molar-refractivity contribution in [3.63, 3.8) is 0 Å². The van der Waals surface area contributed by atoms with Crippen LogP contribution in [0.15, 0.2) is 0 Å². The fourth-order valence-corrected chi connectivity index (χ4v) is 4.02. The van der Waals surface area contributed by atoms with Gasteiger partial charge in [-0.15, -0.1) is 0 Å². The Bertz CT molecular complexity index is 313. The lowest BCUT2D eigenvalue weighted by Gasteiger charge is -2.43. The lowest BCUT2D eigenvalue weighted by molar-refractivity contribution is -0.0709. The lowest BCUT2D eigenvalue weighted by Crippen LogP contribution is -2.46. The zero-order valence-electron chi connectivity index (χ0n) is 15.4. The van der Waals surface area contributed by atoms with Gasteiger partial charge >= 0.3 is 0 Å². The highest BCUT2D eigenvalue weighted by Crippen LogP contribution is 2.34. The quantitative estimate of drug-likeness (QED) is 0.677. The Morgan fingerprint density at radius 2 is 1.82 bits per heavy atom. The van der Waals surface area contributed by atoms with Gasteiger partial charge in [0.25, 0.3) is 0 Å². The van der Waals surface area contributed by atoms with Crippen LogP contribution in [-0.4, -0.2) is 49.5 Å². The molecule has 1 heterocycles. The molecule has 1 aliphatic carbocycles. The maximum Gasteiger partial charge on any atom is 0.0584 e. The first-order valence-corrected chi connectivity index (χ1v) is 9.43. The van der Waals surface area contributed by atoms with Crippen LogP contribution in [0.5, 0.6) is 0 Å². The summed E-state index contributed by atoms with van der Waals surface area (Å²) in [6.07, 6.45) is 6.42. The third kappa shape index (κ3) is 5.82. The van der Waals surface area contributed by atoms with Gasteiger partial charge in [0.05, 0.1) is 18.3 Å². The molecule has 2 aliphatic rings. The van der Waals surface area contributed by atoms with Gasteiger partial charge in [-0.1, -0.05) is 6.92 Å². The number of hydrogen-bond acceptors (Lipinski definition) is 3. The molecule has 0 spiro atoms. The molecule has 0 aromatic carbocycles. The second kappa shape index (κ2) is 8.65. The Hall–Kier alpha value is -0.120. The first kappa shape index (κ1) is 18.2. The molecule has 2 atom stereocenters. The van der Waals surface area contributed by atoms with Gasteiger partial charge in [-0.25, -0.2) is 0 Å². The van der Waals surface area contributed by atoms with Crippen LogP contribution in [0.1, 0.15) is 60.3 Å². The summed E-state index contributed by atoms with van der Waals surface area (Å²) >= 11 is 0. The Morgan fingerprint density at radius 1 is 1.09 bits per heavy atom. The summed E-state index contributed by atoms with van der Waals surface area (Å²) < 4.78 is 11.6. The molecule has 0 aromatic rings. The van der Waals surface area contributed by atoms with Gasteiger partial charge < -0.3 is 14.4 Å². The van der Waals surface area contributed by atoms with E-state index in [1.807, 2.05) is 0 Å². The van der Waals surface area contributed by atoms with E-state index in [4.69, 9.17) is 9.47 Å². The molecule has 0 unspecified atom stereocenters. The third-order valence-corrected chi connectivity index (χ3v) is 5.28. The van der Waals surface area contributed by atoms with Gasteiger partial charge in [-0.2, -0.15) is 0 Å². The van der Waals surface area contributed by atoms with E-state index in [2.05, 4.69) is 39.5 Å². The van der Waals surface area contributed by atoms with Gasteiger partial charge in [0.2, 0.25) is 0 Å². The van der Waals surface area contributed by atoms with E-state index in [-0.39, 0.29) is 0 Å². The van der Waals surface area contributed by atoms with Gasteiger partial charge in [-0.3, -0.25) is 0 Å². The molecule has 0 amide bonds. The molecule has 1 saturated heterocycles. The molecule has 0 N–H and O–H groups in total. The summed E-state index contributed by atoms with van der Waals surface area (Å²) in [6, 6.07) is 0. The summed E-state index contributed by atoms with van der Waals surface area (Å²) in [5, 5.41) is 0. The van der Waals surface area contributed by atoms with Crippen molar-refractivity contribution in [1.82, 2.24) is 4.90 Å². The maximum absolute atomic E-state index is 5.87. The second-order valence-electron chi connectivity index (χ2n) is 8.14. The topological polar surface area (TPSA) is 21.7 Å². The Labute approximate surface area is 137 Å². The lowest BCUT2D eigenvalue weighted by atomic mass is 9.80. The number of nitrogens with zero attached hydrogens (tertiary/aromatic N) is 1. The molecule has 3 nitrogen and oxygen atoms in total. The van der Waals surface area contributed by atoms with Crippen molar-refractivity contribution >= 4 is 0 Å². The second-order valence-corrected chi connectivity index (χ2v) is 8.14. The zero-order chi connectivity index (χ0) is 16.1. The standard InChI is InChI=1S/C19H37NO2/c1-14(2)21-9-7-18-6-8-20(12-16(18)5)13-17-10-19(11-17)22-15(3)4/h14-19H,6-13H2,1-5H3/t16-,17?,18-,19?/m1/s1. The molecular formula is C19H37NO2. The van der Waals surface area contributed by atoms with Crippen LogP contribution < -0.4 is 0 Å². The highest BCUT2D eigenvalue weighted by Gasteiger charge is 2.34. The molecule has 0 bridgehead atoms. The first-order chi connectivity index (χ1) is 10.4. The highest BCUT2D eigenvalue weighted by molar-refractivity contribution is 4.86. The van der Waals surface area contributed by atoms with Crippen molar-refractivity contribution in [2.24, 2.45) is 17.8 Å². The molecule has 0 radical (unpaired) electrons. The molecule has 22 heavy (non-hydrogen) atoms. The van der Waals surface area contributed by atoms with Crippen LogP contribution >= 0.6 is 0 Å². The van der Waals surface area contributed by atoms with Crippen molar-refractivity contribution in [2.45, 2.75) is 78.6 Å². The van der Waals surface area contributed by atoms with Gasteiger partial charge in [0.1, 0.15) is 0 Å². The van der Waals surface area contributed by atoms with Crippen LogP contribution in [0.2, 0.25) is 0 Å². The zero-order valence-corrected chi connectivity index (χ0v) is 15.4. The smallest absolute Gasteiger partial charge is 0.0584 e. The van der Waals surface area contributed by atoms with Crippen molar-refractivity contribution in [3.05, 3.63) is 0 Å². The van der Waals surface area contributed by atoms with Crippen molar-refractivity contribution in [3.8, 4) is 0 Å². The number of rotatable bonds is 8. The van der Waals surface area contributed by atoms with E-state index in [1.54, 1.807) is 0 Å². The predicted octanol–water partition coefficient (Wildman–Crippen LogP) is 3.96. The molecular weight excluding hydrogens is 274 g/mol. The SMILES string of the molecule is CC(C)OCC[C@H]1CCN(CC2CC(OC(C)C)C2)C[C@H]1C. The Morgan fingerprint density at radius 3 is 2.41 bits per heavy atom. The Balaban J connectivity index is 1.60. The number of likely N-dealkylation sites (tertiary alicyclic amines) is 1. The van der Waals surface area contributed by atoms with E-state index in [1.165, 1.54) is 45.3 Å². The first-order valence-electron chi connectivity index (χ1n) is 9.43. The number of hydrogen-bond donors (Lipinski definition) is 0. The van der Waals surface area contributed by atoms with Crippen molar-refractivity contribution in [1.29, 1.82) is 0 Å². The summed E-state index contributed by atoms with van der Waals surface area (Å²) in [4.78, 5) is 2.70. The molecule has 1 saturated carbocycles. The third-order valence-electron chi connectivity index (χ3n) is 5.28. The van der Waals surface area contributed by atoms with Gasteiger partial charge in [0.15, 0.2) is 0 Å². The summed E-state index contributed by atoms with van der Waals surface area (Å²) in [7, 11) is 0. The van der Waals surface area contributed by atoms with E-state index in [0.29, 0.717) is 18.3 Å². The minimum absolute atomic E-state index is 0.370. The van der Waals surface area contributed by atoms with Crippen LogP contribution in [0, 0.1) is 17.8 Å². The summed E-state index contributed by atoms with van der Waals surface area (Å²) in [5.41, 5.74) is 0. The van der Waals surface area contributed by atoms with Gasteiger partial charge in [-0.05, 0) is 77.7 Å². The van der Waals surface area contributed by atoms with E-state index in [0.717, 1.165) is 24.4 Å². The van der Waals surface area contributed by atoms with Crippen LogP contribution in [0.25, 0.3) is 0 Å². The van der Waals surface area contributed by atoms with E-state index < -0.39 is 0 Å². The monoisotopic (exact) mass is 311 g/mol. The van der Waals surface area contributed by atoms with Gasteiger partial charge in [0, 0.05) is 19.7 Å². The average molecular weight is 312 g/mol. The fraction of sp³-hybridized carbons (Fsp3) is 1.00. The van der Waals surface area contributed by atoms with E-state index >= 15 is 0 Å². The molecule has 3 heteroatoms. The van der Waals surface area contributed by atoms with Crippen LogP contribution in [-0.2, 0) is 9.47 Å². The Kier molecular flexibility index (Phi) is 7.17. The molecule has 2 fully saturated rings. The molecule has 0 aromatic heterocycles. The van der Waals surface area contributed by atoms with Crippen LogP contribution in [0.3, 0.4) is 0 Å². The average Bonchev–Trinajstić information content (AvgIpc) is 2.38. The number of piperidine rings is 1. The summed E-state index contributed by atoms with van der Waals surface area (Å²) in [5.74, 6) is 2.54. The predicted molar refractivity (Wildman–Crippen MR) is 92.1 cm³/mol. The molecule has 2 rings (SSSR count). The van der Waals surface area contributed by atoms with Crippen molar-refractivity contribution < 1.29 is 9.47 Å². The molecule has 1 aliphatic heterocycles. The minimum Gasteiger partial charge on any atom is -0.379 e. The number of ether oxygens (including phenoxy) is 2. The minimum atomic E-state index is 0.370. The maximum atomic E-state index is 5.87. The van der Waals surface area contributed by atoms with Crippen molar-refractivity contribution in [2.75, 3.05) is 26.2 Å². The van der Waals surface area contributed by atoms with E-state index in [9.17, 15) is 0 Å².